The van der Waals surface area contributed by atoms with Crippen LogP contribution in [0, 0.1) is 5.92 Å². The number of piperidine rings is 1. The number of hydrogen-bond acceptors (Lipinski definition) is 6. The number of amides is 1. The van der Waals surface area contributed by atoms with Crippen LogP contribution in [-0.4, -0.2) is 41.9 Å². The Morgan fingerprint density at radius 2 is 1.85 bits per heavy atom. The Morgan fingerprint density at radius 1 is 1.11 bits per heavy atom. The maximum Gasteiger partial charge on any atom is 0.243 e. The van der Waals surface area contributed by atoms with Gasteiger partial charge in [0.15, 0.2) is 0 Å². The summed E-state index contributed by atoms with van der Waals surface area (Å²) in [5.41, 5.74) is 1.55. The number of benzene rings is 2. The molecular formula is C18H18N4O3S2. The molecular weight excluding hydrogens is 384 g/mol. The molecule has 0 bridgehead atoms. The summed E-state index contributed by atoms with van der Waals surface area (Å²) in [6, 6.07) is 12.8. The largest absolute Gasteiger partial charge is 0.300 e. The van der Waals surface area contributed by atoms with E-state index < -0.39 is 10.0 Å². The van der Waals surface area contributed by atoms with E-state index in [0.717, 1.165) is 10.8 Å². The maximum absolute atomic E-state index is 13.0. The first-order chi connectivity index (χ1) is 13.0. The quantitative estimate of drug-likeness (QED) is 0.724. The van der Waals surface area contributed by atoms with E-state index in [1.807, 2.05) is 30.3 Å². The summed E-state index contributed by atoms with van der Waals surface area (Å²) < 4.78 is 27.4. The third-order valence-electron chi connectivity index (χ3n) is 4.77. The molecule has 9 heteroatoms. The van der Waals surface area contributed by atoms with Crippen LogP contribution in [0.25, 0.3) is 10.8 Å². The minimum Gasteiger partial charge on any atom is -0.300 e. The van der Waals surface area contributed by atoms with Crippen LogP contribution in [0.3, 0.4) is 0 Å². The van der Waals surface area contributed by atoms with Crippen molar-refractivity contribution in [2.75, 3.05) is 18.4 Å². The molecule has 3 aromatic rings. The van der Waals surface area contributed by atoms with E-state index in [0.29, 0.717) is 31.1 Å². The normalized spacial score (nSPS) is 16.4. The smallest absolute Gasteiger partial charge is 0.243 e. The van der Waals surface area contributed by atoms with Crippen molar-refractivity contribution < 1.29 is 13.2 Å². The molecule has 0 atom stereocenters. The number of rotatable bonds is 4. The lowest BCUT2D eigenvalue weighted by atomic mass is 9.97. The number of aromatic nitrogens is 2. The van der Waals surface area contributed by atoms with Gasteiger partial charge in [-0.25, -0.2) is 8.42 Å². The molecule has 1 fully saturated rings. The van der Waals surface area contributed by atoms with Crippen LogP contribution in [0.1, 0.15) is 12.8 Å². The number of carbonyl (C=O) groups is 1. The van der Waals surface area contributed by atoms with Gasteiger partial charge in [-0.1, -0.05) is 41.7 Å². The molecule has 0 saturated carbocycles. The van der Waals surface area contributed by atoms with Crippen LogP contribution in [0.15, 0.2) is 52.9 Å². The van der Waals surface area contributed by atoms with Crippen molar-refractivity contribution >= 4 is 43.2 Å². The summed E-state index contributed by atoms with van der Waals surface area (Å²) in [6.07, 6.45) is 0.967. The van der Waals surface area contributed by atoms with Crippen molar-refractivity contribution in [1.82, 2.24) is 14.5 Å². The van der Waals surface area contributed by atoms with Gasteiger partial charge < -0.3 is 5.32 Å². The minimum atomic E-state index is -3.57. The van der Waals surface area contributed by atoms with Gasteiger partial charge in [-0.3, -0.25) is 4.79 Å². The second-order valence-electron chi connectivity index (χ2n) is 6.42. The molecule has 140 valence electrons. The third-order valence-corrected chi connectivity index (χ3v) is 7.27. The van der Waals surface area contributed by atoms with E-state index in [4.69, 9.17) is 0 Å². The molecule has 27 heavy (non-hydrogen) atoms. The van der Waals surface area contributed by atoms with Crippen molar-refractivity contribution in [3.8, 4) is 0 Å². The summed E-state index contributed by atoms with van der Waals surface area (Å²) in [5, 5.41) is 12.6. The molecule has 1 amide bonds. The molecule has 1 aliphatic rings. The van der Waals surface area contributed by atoms with Gasteiger partial charge >= 0.3 is 0 Å². The summed E-state index contributed by atoms with van der Waals surface area (Å²) >= 11 is 1.26. The highest BCUT2D eigenvalue weighted by Gasteiger charge is 2.32. The fourth-order valence-electron chi connectivity index (χ4n) is 3.27. The molecule has 0 aliphatic carbocycles. The molecule has 1 aliphatic heterocycles. The number of nitrogens with one attached hydrogen (secondary N) is 1. The Hall–Kier alpha value is -2.36. The highest BCUT2D eigenvalue weighted by atomic mass is 32.2. The van der Waals surface area contributed by atoms with Gasteiger partial charge in [0.2, 0.25) is 21.1 Å². The molecule has 2 aromatic carbocycles. The van der Waals surface area contributed by atoms with E-state index in [2.05, 4.69) is 15.5 Å². The molecule has 0 spiro atoms. The molecule has 0 radical (unpaired) electrons. The number of carbonyl (C=O) groups excluding carboxylic acids is 1. The van der Waals surface area contributed by atoms with Crippen molar-refractivity contribution in [3.05, 3.63) is 48.0 Å². The Balaban J connectivity index is 1.45. The van der Waals surface area contributed by atoms with Crippen molar-refractivity contribution in [3.63, 3.8) is 0 Å². The standard InChI is InChI=1S/C18H18N4O3S2/c23-17(20-18-21-19-12-26-18)14-7-9-22(10-8-14)27(24,25)16-6-5-13-3-1-2-4-15(13)11-16/h1-6,11-12,14H,7-10H2,(H,20,21,23). The van der Waals surface area contributed by atoms with E-state index in [-0.39, 0.29) is 16.7 Å². The molecule has 1 saturated heterocycles. The van der Waals surface area contributed by atoms with Crippen LogP contribution in [-0.2, 0) is 14.8 Å². The van der Waals surface area contributed by atoms with Gasteiger partial charge in [0.05, 0.1) is 4.90 Å². The Labute approximate surface area is 161 Å². The fraction of sp³-hybridized carbons (Fsp3) is 0.278. The lowest BCUT2D eigenvalue weighted by molar-refractivity contribution is -0.120. The van der Waals surface area contributed by atoms with Crippen molar-refractivity contribution in [2.24, 2.45) is 5.92 Å². The van der Waals surface area contributed by atoms with Crippen LogP contribution in [0.5, 0.6) is 0 Å². The summed E-state index contributed by atoms with van der Waals surface area (Å²) in [4.78, 5) is 12.6. The van der Waals surface area contributed by atoms with Gasteiger partial charge in [-0.2, -0.15) is 4.31 Å². The van der Waals surface area contributed by atoms with Gasteiger partial charge in [-0.15, -0.1) is 10.2 Å². The second-order valence-corrected chi connectivity index (χ2v) is 9.19. The molecule has 1 N–H and O–H groups in total. The van der Waals surface area contributed by atoms with E-state index in [9.17, 15) is 13.2 Å². The molecule has 0 unspecified atom stereocenters. The zero-order valence-corrected chi connectivity index (χ0v) is 16.0. The van der Waals surface area contributed by atoms with Crippen LogP contribution >= 0.6 is 11.3 Å². The predicted octanol–water partition coefficient (Wildman–Crippen LogP) is 2.73. The number of sulfonamides is 1. The average Bonchev–Trinajstić information content (AvgIpc) is 3.20. The van der Waals surface area contributed by atoms with E-state index >= 15 is 0 Å². The SMILES string of the molecule is O=C(Nc1nncs1)C1CCN(S(=O)(=O)c2ccc3ccccc3c2)CC1. The van der Waals surface area contributed by atoms with E-state index in [1.54, 1.807) is 17.6 Å². The zero-order valence-electron chi connectivity index (χ0n) is 14.4. The average molecular weight is 403 g/mol. The maximum atomic E-state index is 13.0. The van der Waals surface area contributed by atoms with Crippen LogP contribution < -0.4 is 5.32 Å². The van der Waals surface area contributed by atoms with Crippen molar-refractivity contribution in [2.45, 2.75) is 17.7 Å². The Morgan fingerprint density at radius 3 is 2.56 bits per heavy atom. The Kier molecular flexibility index (Phi) is 4.90. The highest BCUT2D eigenvalue weighted by molar-refractivity contribution is 7.89. The van der Waals surface area contributed by atoms with Crippen LogP contribution in [0.2, 0.25) is 0 Å². The second kappa shape index (κ2) is 7.34. The summed E-state index contributed by atoms with van der Waals surface area (Å²) in [5.74, 6) is -0.355. The zero-order chi connectivity index (χ0) is 18.9. The number of fused-ring (bicyclic) bond motifs is 1. The van der Waals surface area contributed by atoms with Crippen molar-refractivity contribution in [1.29, 1.82) is 0 Å². The van der Waals surface area contributed by atoms with Gasteiger partial charge in [-0.05, 0) is 35.7 Å². The first-order valence-electron chi connectivity index (χ1n) is 8.60. The lowest BCUT2D eigenvalue weighted by Crippen LogP contribution is -2.41. The fourth-order valence-corrected chi connectivity index (χ4v) is 5.22. The molecule has 4 rings (SSSR count). The number of nitrogens with zero attached hydrogens (tertiary/aromatic N) is 3. The van der Waals surface area contributed by atoms with Gasteiger partial charge in [0, 0.05) is 19.0 Å². The first kappa shape index (κ1) is 18.0. The molecule has 2 heterocycles. The van der Waals surface area contributed by atoms with Crippen LogP contribution in [0.4, 0.5) is 5.13 Å². The molecule has 7 nitrogen and oxygen atoms in total. The summed E-state index contributed by atoms with van der Waals surface area (Å²) in [7, 11) is -3.57. The topological polar surface area (TPSA) is 92.3 Å². The number of anilines is 1. The number of hydrogen-bond donors (Lipinski definition) is 1. The summed E-state index contributed by atoms with van der Waals surface area (Å²) in [6.45, 7) is 0.646. The third kappa shape index (κ3) is 3.71. The Bertz CT molecular complexity index is 1060. The minimum absolute atomic E-state index is 0.130. The highest BCUT2D eigenvalue weighted by Crippen LogP contribution is 2.27. The first-order valence-corrected chi connectivity index (χ1v) is 10.9. The van der Waals surface area contributed by atoms with E-state index in [1.165, 1.54) is 15.6 Å². The lowest BCUT2D eigenvalue weighted by Gasteiger charge is -2.30. The van der Waals surface area contributed by atoms with Gasteiger partial charge in [0.1, 0.15) is 5.51 Å². The monoisotopic (exact) mass is 402 g/mol. The predicted molar refractivity (Wildman–Crippen MR) is 104 cm³/mol. The van der Waals surface area contributed by atoms with Gasteiger partial charge in [0.25, 0.3) is 0 Å². The molecule has 1 aromatic heterocycles.